The van der Waals surface area contributed by atoms with E-state index in [9.17, 15) is 24.8 Å². The Labute approximate surface area is 200 Å². The normalized spacial score (nSPS) is 12.7. The minimum Gasteiger partial charge on any atom is -0.480 e. The van der Waals surface area contributed by atoms with E-state index < -0.39 is 22.8 Å². The second kappa shape index (κ2) is 15.1. The summed E-state index contributed by atoms with van der Waals surface area (Å²) in [5.74, 6) is -0.809. The lowest BCUT2D eigenvalue weighted by Crippen LogP contribution is -2.42. The molecule has 2 N–H and O–H groups in total. The average molecular weight is 475 g/mol. The molecule has 0 bridgehead atoms. The van der Waals surface area contributed by atoms with Crippen molar-refractivity contribution in [2.45, 2.75) is 59.4 Å². The smallest absolute Gasteiger partial charge is 0.327 e. The van der Waals surface area contributed by atoms with Gasteiger partial charge in [-0.2, -0.15) is 11.8 Å². The van der Waals surface area contributed by atoms with E-state index in [0.29, 0.717) is 5.75 Å². The summed E-state index contributed by atoms with van der Waals surface area (Å²) in [7, 11) is 0. The number of nitro benzene ring substituents is 1. The summed E-state index contributed by atoms with van der Waals surface area (Å²) in [5.41, 5.74) is 4.03. The van der Waals surface area contributed by atoms with Crippen molar-refractivity contribution >= 4 is 29.3 Å². The number of amides is 1. The molecule has 0 radical (unpaired) electrons. The number of thioether (sulfide) groups is 1. The Morgan fingerprint density at radius 3 is 2.15 bits per heavy atom. The van der Waals surface area contributed by atoms with E-state index in [0.717, 1.165) is 25.7 Å². The Bertz CT molecular complexity index is 900. The van der Waals surface area contributed by atoms with Crippen molar-refractivity contribution in [1.29, 1.82) is 0 Å². The molecule has 7 nitrogen and oxygen atoms in total. The monoisotopic (exact) mass is 474 g/mol. The number of benzene rings is 1. The van der Waals surface area contributed by atoms with Crippen molar-refractivity contribution in [3.05, 3.63) is 74.9 Å². The predicted molar refractivity (Wildman–Crippen MR) is 135 cm³/mol. The van der Waals surface area contributed by atoms with Gasteiger partial charge in [-0.1, -0.05) is 34.9 Å². The fourth-order valence-electron chi connectivity index (χ4n) is 2.88. The maximum atomic E-state index is 12.3. The van der Waals surface area contributed by atoms with Gasteiger partial charge in [-0.3, -0.25) is 14.9 Å². The molecule has 1 aromatic rings. The van der Waals surface area contributed by atoms with Crippen LogP contribution in [0.15, 0.2) is 59.2 Å². The first-order valence-electron chi connectivity index (χ1n) is 10.9. The molecular weight excluding hydrogens is 440 g/mol. The fourth-order valence-corrected chi connectivity index (χ4v) is 3.88. The maximum Gasteiger partial charge on any atom is 0.327 e. The Kier molecular flexibility index (Phi) is 12.8. The number of nitrogens with one attached hydrogen (secondary N) is 1. The molecule has 8 heteroatoms. The molecule has 1 atom stereocenters. The number of carbonyl (C=O) groups is 2. The number of aliphatic carboxylic acids is 1. The van der Waals surface area contributed by atoms with Crippen LogP contribution in [0.3, 0.4) is 0 Å². The summed E-state index contributed by atoms with van der Waals surface area (Å²) >= 11 is 1.43. The van der Waals surface area contributed by atoms with Crippen LogP contribution in [0.25, 0.3) is 0 Å². The van der Waals surface area contributed by atoms with Gasteiger partial charge in [-0.05, 0) is 65.5 Å². The van der Waals surface area contributed by atoms with Gasteiger partial charge in [0.25, 0.3) is 11.6 Å². The first-order valence-corrected chi connectivity index (χ1v) is 12.1. The van der Waals surface area contributed by atoms with E-state index in [4.69, 9.17) is 0 Å². The highest BCUT2D eigenvalue weighted by molar-refractivity contribution is 7.99. The molecule has 0 aromatic heterocycles. The summed E-state index contributed by atoms with van der Waals surface area (Å²) in [6, 6.07) is 4.00. The van der Waals surface area contributed by atoms with E-state index in [1.54, 1.807) is 0 Å². The lowest BCUT2D eigenvalue weighted by molar-refractivity contribution is -0.384. The molecule has 0 aliphatic carbocycles. The molecule has 0 saturated carbocycles. The van der Waals surface area contributed by atoms with Crippen molar-refractivity contribution in [2.75, 3.05) is 11.5 Å². The van der Waals surface area contributed by atoms with Crippen LogP contribution in [0.4, 0.5) is 5.69 Å². The second-order valence-electron chi connectivity index (χ2n) is 8.17. The second-order valence-corrected chi connectivity index (χ2v) is 9.24. The van der Waals surface area contributed by atoms with Crippen molar-refractivity contribution in [1.82, 2.24) is 5.32 Å². The van der Waals surface area contributed by atoms with Gasteiger partial charge in [0.2, 0.25) is 0 Å². The fraction of sp³-hybridized carbons (Fsp3) is 0.440. The van der Waals surface area contributed by atoms with Gasteiger partial charge in [-0.15, -0.1) is 0 Å². The van der Waals surface area contributed by atoms with Crippen LogP contribution < -0.4 is 5.32 Å². The third kappa shape index (κ3) is 12.1. The quantitative estimate of drug-likeness (QED) is 0.150. The van der Waals surface area contributed by atoms with Crippen LogP contribution in [-0.2, 0) is 4.79 Å². The molecule has 1 amide bonds. The van der Waals surface area contributed by atoms with Gasteiger partial charge in [0.15, 0.2) is 0 Å². The molecule has 33 heavy (non-hydrogen) atoms. The molecule has 180 valence electrons. The zero-order valence-corrected chi connectivity index (χ0v) is 20.6. The predicted octanol–water partition coefficient (Wildman–Crippen LogP) is 5.93. The lowest BCUT2D eigenvalue weighted by atomic mass is 10.1. The van der Waals surface area contributed by atoms with Crippen molar-refractivity contribution in [3.63, 3.8) is 0 Å². The number of carboxylic acid groups (broad SMARTS) is 1. The van der Waals surface area contributed by atoms with E-state index in [2.05, 4.69) is 51.2 Å². The van der Waals surface area contributed by atoms with Crippen LogP contribution in [0, 0.1) is 10.1 Å². The van der Waals surface area contributed by atoms with E-state index in [1.807, 2.05) is 0 Å². The molecule has 0 aliphatic heterocycles. The van der Waals surface area contributed by atoms with Crippen molar-refractivity contribution in [3.8, 4) is 0 Å². The Morgan fingerprint density at radius 1 is 1.03 bits per heavy atom. The van der Waals surface area contributed by atoms with Gasteiger partial charge in [0, 0.05) is 29.2 Å². The summed E-state index contributed by atoms with van der Waals surface area (Å²) in [6.45, 7) is 8.44. The number of carboxylic acids is 1. The van der Waals surface area contributed by atoms with Gasteiger partial charge < -0.3 is 10.4 Å². The molecular formula is C25H34N2O5S. The lowest BCUT2D eigenvalue weighted by Gasteiger charge is -2.14. The van der Waals surface area contributed by atoms with Crippen LogP contribution >= 0.6 is 11.8 Å². The number of hydrogen-bond donors (Lipinski definition) is 2. The minimum atomic E-state index is -1.12. The van der Waals surface area contributed by atoms with Gasteiger partial charge in [-0.25, -0.2) is 4.79 Å². The van der Waals surface area contributed by atoms with E-state index in [-0.39, 0.29) is 17.0 Å². The highest BCUT2D eigenvalue weighted by Gasteiger charge is 2.21. The summed E-state index contributed by atoms with van der Waals surface area (Å²) in [4.78, 5) is 33.9. The standard InChI is InChI=1S/C25H34N2O5S/c1-18(2)7-5-8-19(3)9-6-10-20(4)15-16-33-17-23(25(29)30)26-24(28)21-11-13-22(14-12-21)27(31)32/h7,9,11-15,23H,5-6,8,10,16-17H2,1-4H3,(H,26,28)(H,29,30)/b19-9+,20-15+/t23-/m0/s1. The number of rotatable bonds is 14. The Morgan fingerprint density at radius 2 is 1.61 bits per heavy atom. The number of nitrogens with zero attached hydrogens (tertiary/aromatic N) is 1. The van der Waals surface area contributed by atoms with Gasteiger partial charge in [0.05, 0.1) is 4.92 Å². The van der Waals surface area contributed by atoms with Crippen molar-refractivity contribution < 1.29 is 19.6 Å². The number of carbonyl (C=O) groups excluding carboxylic acids is 1. The third-order valence-corrected chi connectivity index (χ3v) is 5.87. The van der Waals surface area contributed by atoms with Crippen molar-refractivity contribution in [2.24, 2.45) is 0 Å². The molecule has 0 aliphatic rings. The molecule has 1 rings (SSSR count). The van der Waals surface area contributed by atoms with Crippen LogP contribution in [0.5, 0.6) is 0 Å². The number of non-ortho nitro benzene ring substituents is 1. The third-order valence-electron chi connectivity index (χ3n) is 4.90. The number of allylic oxidation sites excluding steroid dienone is 5. The SMILES string of the molecule is CC(C)=CCC/C(C)=C/CC/C(C)=C/CSC[C@H](NC(=O)c1ccc([N+](=O)[O-])cc1)C(=O)O. The molecule has 0 unspecified atom stereocenters. The summed E-state index contributed by atoms with van der Waals surface area (Å²) in [6.07, 6.45) is 10.7. The Hall–Kier alpha value is -2.87. The molecule has 0 saturated heterocycles. The summed E-state index contributed by atoms with van der Waals surface area (Å²) in [5, 5.41) is 22.6. The van der Waals surface area contributed by atoms with Crippen LogP contribution in [0.1, 0.15) is 63.7 Å². The molecule has 1 aromatic carbocycles. The van der Waals surface area contributed by atoms with E-state index >= 15 is 0 Å². The first-order chi connectivity index (χ1) is 15.6. The van der Waals surface area contributed by atoms with Gasteiger partial charge >= 0.3 is 5.97 Å². The molecule has 0 fully saturated rings. The van der Waals surface area contributed by atoms with Gasteiger partial charge in [0.1, 0.15) is 6.04 Å². The number of nitro groups is 1. The largest absolute Gasteiger partial charge is 0.480 e. The molecule has 0 spiro atoms. The Balaban J connectivity index is 2.44. The van der Waals surface area contributed by atoms with E-state index in [1.165, 1.54) is 52.7 Å². The average Bonchev–Trinajstić information content (AvgIpc) is 2.75. The molecule has 0 heterocycles. The zero-order valence-electron chi connectivity index (χ0n) is 19.8. The maximum absolute atomic E-state index is 12.3. The topological polar surface area (TPSA) is 110 Å². The summed E-state index contributed by atoms with van der Waals surface area (Å²) < 4.78 is 0. The van der Waals surface area contributed by atoms with Crippen LogP contribution in [0.2, 0.25) is 0 Å². The minimum absolute atomic E-state index is 0.131. The first kappa shape index (κ1) is 28.2. The van der Waals surface area contributed by atoms with Crippen LogP contribution in [-0.4, -0.2) is 39.5 Å². The number of hydrogen-bond acceptors (Lipinski definition) is 5. The highest BCUT2D eigenvalue weighted by atomic mass is 32.2. The zero-order chi connectivity index (χ0) is 24.8. The highest BCUT2D eigenvalue weighted by Crippen LogP contribution is 2.14.